The fraction of sp³-hybridized carbons (Fsp3) is 0.318. The predicted octanol–water partition coefficient (Wildman–Crippen LogP) is 3.95. The third kappa shape index (κ3) is 4.44. The van der Waals surface area contributed by atoms with Crippen LogP contribution in [0.25, 0.3) is 16.6 Å². The molecule has 0 radical (unpaired) electrons. The summed E-state index contributed by atoms with van der Waals surface area (Å²) in [5.74, 6) is 0.496. The smallest absolute Gasteiger partial charge is 0.266 e. The van der Waals surface area contributed by atoms with Crippen LogP contribution in [-0.2, 0) is 4.79 Å². The number of para-hydroxylation sites is 1. The van der Waals surface area contributed by atoms with E-state index in [9.17, 15) is 9.59 Å². The van der Waals surface area contributed by atoms with Gasteiger partial charge in [-0.15, -0.1) is 0 Å². The van der Waals surface area contributed by atoms with Crippen LogP contribution in [0.1, 0.15) is 26.3 Å². The predicted molar refractivity (Wildman–Crippen MR) is 115 cm³/mol. The van der Waals surface area contributed by atoms with Crippen molar-refractivity contribution in [2.45, 2.75) is 38.9 Å². The largest absolute Gasteiger partial charge is 0.353 e. The van der Waals surface area contributed by atoms with Gasteiger partial charge in [0.25, 0.3) is 5.56 Å². The summed E-state index contributed by atoms with van der Waals surface area (Å²) in [5.41, 5.74) is 2.36. The van der Waals surface area contributed by atoms with E-state index in [1.165, 1.54) is 11.8 Å². The van der Waals surface area contributed by atoms with Crippen molar-refractivity contribution in [1.29, 1.82) is 0 Å². The third-order valence-corrected chi connectivity index (χ3v) is 5.70. The van der Waals surface area contributed by atoms with Crippen LogP contribution in [-0.4, -0.2) is 27.3 Å². The maximum absolute atomic E-state index is 13.2. The normalized spacial score (nSPS) is 12.3. The molecule has 1 aromatic heterocycles. The Morgan fingerprint density at radius 3 is 2.46 bits per heavy atom. The fourth-order valence-corrected chi connectivity index (χ4v) is 3.55. The molecule has 5 nitrogen and oxygen atoms in total. The molecule has 1 N–H and O–H groups in total. The van der Waals surface area contributed by atoms with Crippen LogP contribution in [0.3, 0.4) is 0 Å². The molecule has 2 aromatic carbocycles. The van der Waals surface area contributed by atoms with Gasteiger partial charge in [0.15, 0.2) is 5.16 Å². The molecule has 0 spiro atoms. The molecule has 0 fully saturated rings. The summed E-state index contributed by atoms with van der Waals surface area (Å²) >= 11 is 1.28. The van der Waals surface area contributed by atoms with Crippen molar-refractivity contribution in [2.24, 2.45) is 5.92 Å². The zero-order valence-electron chi connectivity index (χ0n) is 16.6. The second-order valence-electron chi connectivity index (χ2n) is 7.28. The van der Waals surface area contributed by atoms with Gasteiger partial charge in [0.05, 0.1) is 22.3 Å². The van der Waals surface area contributed by atoms with E-state index in [4.69, 9.17) is 0 Å². The van der Waals surface area contributed by atoms with Crippen LogP contribution in [0.5, 0.6) is 0 Å². The van der Waals surface area contributed by atoms with E-state index in [-0.39, 0.29) is 23.3 Å². The van der Waals surface area contributed by atoms with E-state index in [1.54, 1.807) is 10.6 Å². The Balaban J connectivity index is 1.98. The molecule has 146 valence electrons. The number of aryl methyl sites for hydroxylation is 1. The van der Waals surface area contributed by atoms with E-state index in [0.717, 1.165) is 11.3 Å². The first-order valence-electron chi connectivity index (χ1n) is 9.38. The van der Waals surface area contributed by atoms with E-state index in [1.807, 2.05) is 56.3 Å². The highest BCUT2D eigenvalue weighted by atomic mass is 32.2. The second kappa shape index (κ2) is 8.61. The lowest BCUT2D eigenvalue weighted by atomic mass is 10.1. The molecule has 3 rings (SSSR count). The molecular formula is C22H25N3O2S. The number of rotatable bonds is 6. The number of hydrogen-bond donors (Lipinski definition) is 1. The highest BCUT2D eigenvalue weighted by Crippen LogP contribution is 2.21. The van der Waals surface area contributed by atoms with Gasteiger partial charge in [-0.2, -0.15) is 0 Å². The molecule has 1 atom stereocenters. The van der Waals surface area contributed by atoms with Gasteiger partial charge in [0, 0.05) is 6.04 Å². The lowest BCUT2D eigenvalue weighted by molar-refractivity contribution is -0.119. The number of nitrogens with one attached hydrogen (secondary N) is 1. The average molecular weight is 396 g/mol. The minimum Gasteiger partial charge on any atom is -0.353 e. The number of benzene rings is 2. The van der Waals surface area contributed by atoms with Gasteiger partial charge >= 0.3 is 0 Å². The number of hydrogen-bond acceptors (Lipinski definition) is 4. The van der Waals surface area contributed by atoms with Gasteiger partial charge < -0.3 is 5.32 Å². The molecule has 3 aromatic rings. The monoisotopic (exact) mass is 395 g/mol. The van der Waals surface area contributed by atoms with Crippen LogP contribution in [0, 0.1) is 12.8 Å². The Morgan fingerprint density at radius 2 is 1.79 bits per heavy atom. The lowest BCUT2D eigenvalue weighted by Crippen LogP contribution is -2.37. The molecule has 0 unspecified atom stereocenters. The van der Waals surface area contributed by atoms with Gasteiger partial charge in [0.1, 0.15) is 0 Å². The zero-order valence-corrected chi connectivity index (χ0v) is 17.4. The van der Waals surface area contributed by atoms with Crippen molar-refractivity contribution >= 4 is 28.6 Å². The van der Waals surface area contributed by atoms with Crippen molar-refractivity contribution < 1.29 is 4.79 Å². The van der Waals surface area contributed by atoms with Crippen molar-refractivity contribution in [3.63, 3.8) is 0 Å². The summed E-state index contributed by atoms with van der Waals surface area (Å²) < 4.78 is 1.59. The van der Waals surface area contributed by atoms with Crippen molar-refractivity contribution in [3.05, 3.63) is 64.4 Å². The van der Waals surface area contributed by atoms with Crippen LogP contribution < -0.4 is 10.9 Å². The minimum absolute atomic E-state index is 0.0657. The third-order valence-electron chi connectivity index (χ3n) is 4.76. The van der Waals surface area contributed by atoms with Gasteiger partial charge in [-0.05, 0) is 44.0 Å². The highest BCUT2D eigenvalue weighted by Gasteiger charge is 2.16. The van der Waals surface area contributed by atoms with Crippen LogP contribution in [0.15, 0.2) is 58.5 Å². The fourth-order valence-electron chi connectivity index (χ4n) is 2.72. The number of fused-ring (bicyclic) bond motifs is 1. The first kappa shape index (κ1) is 20.1. The molecule has 0 aliphatic carbocycles. The maximum Gasteiger partial charge on any atom is 0.266 e. The van der Waals surface area contributed by atoms with Crippen molar-refractivity contribution in [2.75, 3.05) is 5.75 Å². The SMILES string of the molecule is Cc1ccc(-n2c(SCC(=O)N[C@H](C)C(C)C)nc3ccccc3c2=O)cc1. The number of amides is 1. The summed E-state index contributed by atoms with van der Waals surface area (Å²) in [6.45, 7) is 8.13. The summed E-state index contributed by atoms with van der Waals surface area (Å²) in [6, 6.07) is 15.1. The first-order valence-corrected chi connectivity index (χ1v) is 10.4. The van der Waals surface area contributed by atoms with Crippen molar-refractivity contribution in [3.8, 4) is 5.69 Å². The topological polar surface area (TPSA) is 64.0 Å². The van der Waals surface area contributed by atoms with Gasteiger partial charge in [-0.25, -0.2) is 4.98 Å². The molecule has 1 heterocycles. The second-order valence-corrected chi connectivity index (χ2v) is 8.22. The van der Waals surface area contributed by atoms with Crippen LogP contribution >= 0.6 is 11.8 Å². The Labute approximate surface area is 169 Å². The molecular weight excluding hydrogens is 370 g/mol. The standard InChI is InChI=1S/C22H25N3O2S/c1-14(2)16(4)23-20(26)13-28-22-24-19-8-6-5-7-18(19)21(27)25(22)17-11-9-15(3)10-12-17/h5-12,14,16H,13H2,1-4H3,(H,23,26)/t16-/m1/s1. The Hall–Kier alpha value is -2.60. The van der Waals surface area contributed by atoms with E-state index < -0.39 is 0 Å². The van der Waals surface area contributed by atoms with Gasteiger partial charge in [-0.1, -0.05) is 55.4 Å². The lowest BCUT2D eigenvalue weighted by Gasteiger charge is -2.18. The molecule has 6 heteroatoms. The molecule has 0 saturated carbocycles. The molecule has 28 heavy (non-hydrogen) atoms. The Bertz CT molecular complexity index is 1040. The van der Waals surface area contributed by atoms with Crippen LogP contribution in [0.2, 0.25) is 0 Å². The summed E-state index contributed by atoms with van der Waals surface area (Å²) in [5, 5.41) is 4.07. The van der Waals surface area contributed by atoms with Crippen molar-refractivity contribution in [1.82, 2.24) is 14.9 Å². The molecule has 1 amide bonds. The number of aromatic nitrogens is 2. The number of carbonyl (C=O) groups excluding carboxylic acids is 1. The number of nitrogens with zero attached hydrogens (tertiary/aromatic N) is 2. The number of thioether (sulfide) groups is 1. The highest BCUT2D eigenvalue weighted by molar-refractivity contribution is 7.99. The van der Waals surface area contributed by atoms with E-state index in [0.29, 0.717) is 22.0 Å². The van der Waals surface area contributed by atoms with Gasteiger partial charge in [0.2, 0.25) is 5.91 Å². The molecule has 0 saturated heterocycles. The molecule has 0 aliphatic rings. The average Bonchev–Trinajstić information content (AvgIpc) is 2.67. The van der Waals surface area contributed by atoms with Gasteiger partial charge in [-0.3, -0.25) is 14.2 Å². The Morgan fingerprint density at radius 1 is 1.11 bits per heavy atom. The zero-order chi connectivity index (χ0) is 20.3. The summed E-state index contributed by atoms with van der Waals surface area (Å²) in [4.78, 5) is 30.1. The summed E-state index contributed by atoms with van der Waals surface area (Å²) in [6.07, 6.45) is 0. The maximum atomic E-state index is 13.2. The first-order chi connectivity index (χ1) is 13.4. The van der Waals surface area contributed by atoms with Crippen LogP contribution in [0.4, 0.5) is 0 Å². The number of carbonyl (C=O) groups is 1. The Kier molecular flexibility index (Phi) is 6.19. The quantitative estimate of drug-likeness (QED) is 0.507. The van der Waals surface area contributed by atoms with E-state index in [2.05, 4.69) is 24.1 Å². The summed E-state index contributed by atoms with van der Waals surface area (Å²) in [7, 11) is 0. The molecule has 0 aliphatic heterocycles. The minimum atomic E-state index is -0.132. The molecule has 0 bridgehead atoms. The van der Waals surface area contributed by atoms with E-state index >= 15 is 0 Å².